The van der Waals surface area contributed by atoms with Crippen molar-refractivity contribution < 1.29 is 9.59 Å². The minimum Gasteiger partial charge on any atom is -0.348 e. The Kier molecular flexibility index (Phi) is 2.01. The molecule has 1 amide bonds. The topological polar surface area (TPSA) is 37.4 Å². The molecular formula is C12H19NO2. The molecule has 0 spiro atoms. The zero-order valence-electron chi connectivity index (χ0n) is 9.96. The van der Waals surface area contributed by atoms with Crippen LogP contribution in [0.2, 0.25) is 0 Å². The number of rotatable bonds is 1. The van der Waals surface area contributed by atoms with Gasteiger partial charge < -0.3 is 4.90 Å². The van der Waals surface area contributed by atoms with Gasteiger partial charge in [-0.1, -0.05) is 13.8 Å². The molecule has 2 atom stereocenters. The average Bonchev–Trinajstić information content (AvgIpc) is 2.49. The van der Waals surface area contributed by atoms with Crippen molar-refractivity contribution >= 4 is 11.7 Å². The zero-order chi connectivity index (χ0) is 11.4. The van der Waals surface area contributed by atoms with Gasteiger partial charge in [-0.3, -0.25) is 9.59 Å². The summed E-state index contributed by atoms with van der Waals surface area (Å²) in [5.41, 5.74) is -0.855. The molecule has 3 nitrogen and oxygen atoms in total. The van der Waals surface area contributed by atoms with E-state index in [0.717, 1.165) is 12.8 Å². The van der Waals surface area contributed by atoms with E-state index >= 15 is 0 Å². The van der Waals surface area contributed by atoms with Crippen molar-refractivity contribution in [1.29, 1.82) is 0 Å². The Morgan fingerprint density at radius 2 is 2.00 bits per heavy atom. The molecule has 0 aromatic carbocycles. The smallest absolute Gasteiger partial charge is 0.236 e. The van der Waals surface area contributed by atoms with E-state index in [1.54, 1.807) is 19.0 Å². The molecule has 2 saturated carbocycles. The maximum atomic E-state index is 12.3. The van der Waals surface area contributed by atoms with Gasteiger partial charge in [0.2, 0.25) is 5.91 Å². The quantitative estimate of drug-likeness (QED) is 0.613. The molecule has 0 N–H and O–H groups in total. The van der Waals surface area contributed by atoms with E-state index in [-0.39, 0.29) is 17.1 Å². The molecule has 0 saturated heterocycles. The van der Waals surface area contributed by atoms with Gasteiger partial charge >= 0.3 is 0 Å². The predicted molar refractivity (Wildman–Crippen MR) is 57.3 cm³/mol. The maximum absolute atomic E-state index is 12.3. The second kappa shape index (κ2) is 2.83. The standard InChI is InChI=1S/C12H19NO2/c1-11(2)8-5-6-12(11,9(14)7-8)10(15)13(3)4/h8H,5-7H2,1-4H3/t8-,12-/m0/s1. The van der Waals surface area contributed by atoms with E-state index in [0.29, 0.717) is 12.3 Å². The van der Waals surface area contributed by atoms with Gasteiger partial charge in [-0.15, -0.1) is 0 Å². The van der Waals surface area contributed by atoms with Gasteiger partial charge in [-0.25, -0.2) is 0 Å². The first-order chi connectivity index (χ1) is 6.84. The Bertz CT molecular complexity index is 333. The van der Waals surface area contributed by atoms with Crippen molar-refractivity contribution in [3.63, 3.8) is 0 Å². The molecule has 2 aliphatic rings. The van der Waals surface area contributed by atoms with Crippen LogP contribution in [-0.2, 0) is 9.59 Å². The summed E-state index contributed by atoms with van der Waals surface area (Å²) in [7, 11) is 3.48. The number of hydrogen-bond donors (Lipinski definition) is 0. The van der Waals surface area contributed by atoms with Crippen LogP contribution >= 0.6 is 0 Å². The highest BCUT2D eigenvalue weighted by atomic mass is 16.2. The molecule has 0 aromatic rings. The fourth-order valence-electron chi connectivity index (χ4n) is 3.56. The van der Waals surface area contributed by atoms with Crippen molar-refractivity contribution in [2.24, 2.45) is 16.7 Å². The maximum Gasteiger partial charge on any atom is 0.236 e. The molecule has 0 aliphatic heterocycles. The number of carbonyl (C=O) groups is 2. The minimum atomic E-state index is -0.707. The van der Waals surface area contributed by atoms with Gasteiger partial charge in [0, 0.05) is 20.5 Å². The lowest BCUT2D eigenvalue weighted by Crippen LogP contribution is -2.49. The summed E-state index contributed by atoms with van der Waals surface area (Å²) >= 11 is 0. The summed E-state index contributed by atoms with van der Waals surface area (Å²) in [6.07, 6.45) is 2.38. The van der Waals surface area contributed by atoms with Crippen LogP contribution in [0.15, 0.2) is 0 Å². The van der Waals surface area contributed by atoms with Crippen LogP contribution in [0.4, 0.5) is 0 Å². The van der Waals surface area contributed by atoms with Crippen LogP contribution in [0.3, 0.4) is 0 Å². The lowest BCUT2D eigenvalue weighted by molar-refractivity contribution is -0.151. The normalized spacial score (nSPS) is 37.1. The summed E-state index contributed by atoms with van der Waals surface area (Å²) in [5, 5.41) is 0. The van der Waals surface area contributed by atoms with E-state index < -0.39 is 5.41 Å². The third kappa shape index (κ3) is 1.01. The lowest BCUT2D eigenvalue weighted by Gasteiger charge is -2.36. The molecular weight excluding hydrogens is 190 g/mol. The molecule has 0 heterocycles. The van der Waals surface area contributed by atoms with Crippen LogP contribution in [0.1, 0.15) is 33.1 Å². The van der Waals surface area contributed by atoms with Crippen molar-refractivity contribution in [3.8, 4) is 0 Å². The molecule has 0 unspecified atom stereocenters. The first kappa shape index (κ1) is 10.7. The fraction of sp³-hybridized carbons (Fsp3) is 0.833. The molecule has 84 valence electrons. The van der Waals surface area contributed by atoms with Crippen molar-refractivity contribution in [1.82, 2.24) is 4.90 Å². The van der Waals surface area contributed by atoms with Crippen LogP contribution in [-0.4, -0.2) is 30.7 Å². The highest BCUT2D eigenvalue weighted by molar-refractivity contribution is 6.09. The molecule has 2 bridgehead atoms. The Morgan fingerprint density at radius 3 is 2.33 bits per heavy atom. The third-order valence-electron chi connectivity index (χ3n) is 4.67. The van der Waals surface area contributed by atoms with Crippen molar-refractivity contribution in [2.75, 3.05) is 14.1 Å². The molecule has 0 aromatic heterocycles. The number of ketones is 1. The largest absolute Gasteiger partial charge is 0.348 e. The number of hydrogen-bond acceptors (Lipinski definition) is 2. The van der Waals surface area contributed by atoms with Gasteiger partial charge in [-0.2, -0.15) is 0 Å². The number of carbonyl (C=O) groups excluding carboxylic acids is 2. The highest BCUT2D eigenvalue weighted by Gasteiger charge is 2.68. The fourth-order valence-corrected chi connectivity index (χ4v) is 3.56. The Balaban J connectivity index is 2.49. The Hall–Kier alpha value is -0.860. The number of Topliss-reactive ketones (excluding diaryl/α,β-unsaturated/α-hetero) is 1. The van der Waals surface area contributed by atoms with E-state index in [4.69, 9.17) is 0 Å². The number of nitrogens with zero attached hydrogens (tertiary/aromatic N) is 1. The average molecular weight is 209 g/mol. The van der Waals surface area contributed by atoms with Gasteiger partial charge in [0.15, 0.2) is 0 Å². The monoisotopic (exact) mass is 209 g/mol. The second-order valence-corrected chi connectivity index (χ2v) is 5.69. The third-order valence-corrected chi connectivity index (χ3v) is 4.67. The first-order valence-electron chi connectivity index (χ1n) is 5.59. The minimum absolute atomic E-state index is 0.0116. The van der Waals surface area contributed by atoms with Crippen LogP contribution in [0.25, 0.3) is 0 Å². The van der Waals surface area contributed by atoms with E-state index in [1.807, 2.05) is 0 Å². The molecule has 15 heavy (non-hydrogen) atoms. The first-order valence-corrected chi connectivity index (χ1v) is 5.59. The van der Waals surface area contributed by atoms with E-state index in [9.17, 15) is 9.59 Å². The summed E-state index contributed by atoms with van der Waals surface area (Å²) in [5.74, 6) is 0.592. The molecule has 2 rings (SSSR count). The molecule has 2 aliphatic carbocycles. The van der Waals surface area contributed by atoms with E-state index in [2.05, 4.69) is 13.8 Å². The highest BCUT2D eigenvalue weighted by Crippen LogP contribution is 2.64. The van der Waals surface area contributed by atoms with Crippen molar-refractivity contribution in [2.45, 2.75) is 33.1 Å². The molecule has 3 heteroatoms. The summed E-state index contributed by atoms with van der Waals surface area (Å²) in [4.78, 5) is 25.9. The van der Waals surface area contributed by atoms with Gasteiger partial charge in [-0.05, 0) is 24.2 Å². The summed E-state index contributed by atoms with van der Waals surface area (Å²) in [6.45, 7) is 4.16. The van der Waals surface area contributed by atoms with Crippen LogP contribution < -0.4 is 0 Å². The van der Waals surface area contributed by atoms with Gasteiger partial charge in [0.25, 0.3) is 0 Å². The van der Waals surface area contributed by atoms with Crippen molar-refractivity contribution in [3.05, 3.63) is 0 Å². The number of amides is 1. The van der Waals surface area contributed by atoms with E-state index in [1.165, 1.54) is 0 Å². The predicted octanol–water partition coefficient (Wildman–Crippen LogP) is 1.47. The van der Waals surface area contributed by atoms with Crippen LogP contribution in [0.5, 0.6) is 0 Å². The van der Waals surface area contributed by atoms with Gasteiger partial charge in [0.05, 0.1) is 0 Å². The SMILES string of the molecule is CN(C)C(=O)[C@]12CC[C@@H](CC1=O)C2(C)C. The zero-order valence-corrected chi connectivity index (χ0v) is 9.96. The second-order valence-electron chi connectivity index (χ2n) is 5.69. The van der Waals surface area contributed by atoms with Gasteiger partial charge in [0.1, 0.15) is 11.2 Å². The molecule has 0 radical (unpaired) electrons. The summed E-state index contributed by atoms with van der Waals surface area (Å²) in [6, 6.07) is 0. The Labute approximate surface area is 90.8 Å². The Morgan fingerprint density at radius 1 is 1.40 bits per heavy atom. The molecule has 2 fully saturated rings. The summed E-state index contributed by atoms with van der Waals surface area (Å²) < 4.78 is 0. The lowest BCUT2D eigenvalue weighted by atomic mass is 9.68. The number of fused-ring (bicyclic) bond motifs is 2. The van der Waals surface area contributed by atoms with Crippen LogP contribution in [0, 0.1) is 16.7 Å².